The molecule has 7 atom stereocenters. The van der Waals surface area contributed by atoms with Crippen molar-refractivity contribution in [3.05, 3.63) is 0 Å². The second kappa shape index (κ2) is 7.90. The lowest BCUT2D eigenvalue weighted by molar-refractivity contribution is -0.295. The SMILES string of the molecule is NCCOP(=O)(O)O[C@H]1[C@H](O)[C@H](O)[C@@H](O)O[C@@H]1[C@@H](O)CO. The van der Waals surface area contributed by atoms with Crippen molar-refractivity contribution >= 4 is 7.82 Å². The van der Waals surface area contributed by atoms with E-state index in [1.54, 1.807) is 0 Å². The molecule has 1 aliphatic heterocycles. The van der Waals surface area contributed by atoms with Crippen LogP contribution in [0.3, 0.4) is 0 Å². The molecule has 1 saturated heterocycles. The fourth-order valence-corrected chi connectivity index (χ4v) is 2.71. The van der Waals surface area contributed by atoms with Crippen LogP contribution in [0, 0.1) is 0 Å². The normalized spacial score (nSPS) is 38.0. The van der Waals surface area contributed by atoms with Crippen LogP contribution in [-0.2, 0) is 18.3 Å². The van der Waals surface area contributed by atoms with Crippen molar-refractivity contribution in [2.75, 3.05) is 19.8 Å². The highest BCUT2D eigenvalue weighted by Gasteiger charge is 2.50. The summed E-state index contributed by atoms with van der Waals surface area (Å²) in [5.41, 5.74) is 5.10. The predicted octanol–water partition coefficient (Wildman–Crippen LogP) is -3.76. The summed E-state index contributed by atoms with van der Waals surface area (Å²) in [5, 5.41) is 47.1. The van der Waals surface area contributed by atoms with Gasteiger partial charge in [0.25, 0.3) is 0 Å². The molecule has 0 saturated carbocycles. The third kappa shape index (κ3) is 4.91. The van der Waals surface area contributed by atoms with Crippen molar-refractivity contribution in [3.63, 3.8) is 0 Å². The van der Waals surface area contributed by atoms with Crippen LogP contribution < -0.4 is 5.73 Å². The van der Waals surface area contributed by atoms with Gasteiger partial charge in [0.1, 0.15) is 30.5 Å². The Hall–Kier alpha value is -0.170. The number of aliphatic hydroxyl groups excluding tert-OH is 5. The maximum atomic E-state index is 11.6. The van der Waals surface area contributed by atoms with Crippen LogP contribution in [0.2, 0.25) is 0 Å². The summed E-state index contributed by atoms with van der Waals surface area (Å²) in [6.07, 6.45) is -10.5. The largest absolute Gasteiger partial charge is 0.472 e. The van der Waals surface area contributed by atoms with Gasteiger partial charge in [0, 0.05) is 6.54 Å². The highest BCUT2D eigenvalue weighted by atomic mass is 31.2. The summed E-state index contributed by atoms with van der Waals surface area (Å²) in [6, 6.07) is 0. The number of phosphoric ester groups is 1. The average Bonchev–Trinajstić information content (AvgIpc) is 2.44. The first-order chi connectivity index (χ1) is 9.73. The van der Waals surface area contributed by atoms with E-state index in [1.807, 2.05) is 0 Å². The zero-order valence-corrected chi connectivity index (χ0v) is 11.8. The van der Waals surface area contributed by atoms with Crippen LogP contribution in [0.25, 0.3) is 0 Å². The summed E-state index contributed by atoms with van der Waals surface area (Å²) < 4.78 is 25.5. The van der Waals surface area contributed by atoms with Crippen LogP contribution in [0.5, 0.6) is 0 Å². The lowest BCUT2D eigenvalue weighted by Crippen LogP contribution is -2.61. The van der Waals surface area contributed by atoms with Crippen LogP contribution in [0.15, 0.2) is 0 Å². The zero-order chi connectivity index (χ0) is 16.2. The maximum absolute atomic E-state index is 11.6. The number of hydrogen-bond acceptors (Lipinski definition) is 10. The van der Waals surface area contributed by atoms with E-state index in [0.29, 0.717) is 0 Å². The van der Waals surface area contributed by atoms with E-state index in [2.05, 4.69) is 9.05 Å². The molecule has 1 aliphatic rings. The molecule has 0 aromatic rings. The number of rotatable bonds is 7. The van der Waals surface area contributed by atoms with E-state index >= 15 is 0 Å². The van der Waals surface area contributed by atoms with Gasteiger partial charge in [-0.15, -0.1) is 0 Å². The van der Waals surface area contributed by atoms with Crippen molar-refractivity contribution in [3.8, 4) is 0 Å². The van der Waals surface area contributed by atoms with Gasteiger partial charge in [0.15, 0.2) is 6.29 Å². The zero-order valence-electron chi connectivity index (χ0n) is 10.9. The molecule has 0 radical (unpaired) electrons. The summed E-state index contributed by atoms with van der Waals surface area (Å²) in [5.74, 6) is 0. The number of aliphatic hydroxyl groups is 5. The average molecular weight is 333 g/mol. The maximum Gasteiger partial charge on any atom is 0.472 e. The van der Waals surface area contributed by atoms with Crippen LogP contribution in [0.1, 0.15) is 0 Å². The fraction of sp³-hybridized carbons (Fsp3) is 1.00. The Balaban J connectivity index is 2.88. The van der Waals surface area contributed by atoms with Gasteiger partial charge in [0.05, 0.1) is 13.2 Å². The summed E-state index contributed by atoms with van der Waals surface area (Å²) in [4.78, 5) is 9.44. The van der Waals surface area contributed by atoms with Crippen molar-refractivity contribution in [1.29, 1.82) is 0 Å². The molecule has 0 spiro atoms. The molecule has 21 heavy (non-hydrogen) atoms. The Labute approximate surface area is 120 Å². The van der Waals surface area contributed by atoms with E-state index in [4.69, 9.17) is 15.6 Å². The van der Waals surface area contributed by atoms with Gasteiger partial charge in [-0.25, -0.2) is 4.57 Å². The quantitative estimate of drug-likeness (QED) is 0.226. The Morgan fingerprint density at radius 1 is 1.29 bits per heavy atom. The van der Waals surface area contributed by atoms with E-state index in [0.717, 1.165) is 0 Å². The molecule has 11 nitrogen and oxygen atoms in total. The summed E-state index contributed by atoms with van der Waals surface area (Å²) >= 11 is 0. The first kappa shape index (κ1) is 18.9. The van der Waals surface area contributed by atoms with Crippen molar-refractivity contribution in [2.45, 2.75) is 36.8 Å². The van der Waals surface area contributed by atoms with E-state index in [1.165, 1.54) is 0 Å². The molecule has 1 unspecified atom stereocenters. The molecule has 1 heterocycles. The van der Waals surface area contributed by atoms with Crippen molar-refractivity contribution < 1.29 is 48.8 Å². The molecule has 8 N–H and O–H groups in total. The molecule has 0 aromatic heterocycles. The second-order valence-corrected chi connectivity index (χ2v) is 5.79. The van der Waals surface area contributed by atoms with Crippen molar-refractivity contribution in [2.24, 2.45) is 5.73 Å². The molecule has 0 aliphatic carbocycles. The van der Waals surface area contributed by atoms with Crippen molar-refractivity contribution in [1.82, 2.24) is 0 Å². The van der Waals surface area contributed by atoms with E-state index in [9.17, 15) is 29.9 Å². The van der Waals surface area contributed by atoms with Gasteiger partial charge in [-0.2, -0.15) is 0 Å². The lowest BCUT2D eigenvalue weighted by atomic mass is 9.96. The van der Waals surface area contributed by atoms with Crippen LogP contribution in [-0.4, -0.2) is 87.0 Å². The van der Waals surface area contributed by atoms with Crippen LogP contribution in [0.4, 0.5) is 0 Å². The van der Waals surface area contributed by atoms with Gasteiger partial charge in [-0.3, -0.25) is 9.05 Å². The Morgan fingerprint density at radius 3 is 2.43 bits per heavy atom. The first-order valence-electron chi connectivity index (χ1n) is 6.08. The monoisotopic (exact) mass is 333 g/mol. The number of ether oxygens (including phenoxy) is 1. The van der Waals surface area contributed by atoms with Gasteiger partial charge in [0.2, 0.25) is 0 Å². The third-order valence-electron chi connectivity index (χ3n) is 2.79. The predicted molar refractivity (Wildman–Crippen MR) is 65.7 cm³/mol. The summed E-state index contributed by atoms with van der Waals surface area (Å²) in [6.45, 7) is -1.21. The number of nitrogens with two attached hydrogens (primary N) is 1. The Bertz CT molecular complexity index is 370. The van der Waals surface area contributed by atoms with Gasteiger partial charge in [-0.05, 0) is 0 Å². The molecule has 1 rings (SSSR count). The molecule has 0 bridgehead atoms. The molecular weight excluding hydrogens is 313 g/mol. The molecule has 0 aromatic carbocycles. The second-order valence-electron chi connectivity index (χ2n) is 4.38. The molecular formula is C9H20NO10P. The van der Waals surface area contributed by atoms with Gasteiger partial charge < -0.3 is 40.9 Å². The minimum absolute atomic E-state index is 0.0678. The summed E-state index contributed by atoms with van der Waals surface area (Å²) in [7, 11) is -4.65. The molecule has 126 valence electrons. The fourth-order valence-electron chi connectivity index (χ4n) is 1.76. The highest BCUT2D eigenvalue weighted by molar-refractivity contribution is 7.47. The van der Waals surface area contributed by atoms with E-state index in [-0.39, 0.29) is 13.2 Å². The van der Waals surface area contributed by atoms with E-state index < -0.39 is 51.2 Å². The van der Waals surface area contributed by atoms with Crippen LogP contribution >= 0.6 is 7.82 Å². The lowest BCUT2D eigenvalue weighted by Gasteiger charge is -2.42. The highest BCUT2D eigenvalue weighted by Crippen LogP contribution is 2.46. The third-order valence-corrected chi connectivity index (χ3v) is 3.81. The number of phosphoric acid groups is 1. The first-order valence-corrected chi connectivity index (χ1v) is 7.57. The topological polar surface area (TPSA) is 192 Å². The number of hydrogen-bond donors (Lipinski definition) is 7. The Kier molecular flexibility index (Phi) is 7.10. The molecule has 0 amide bonds. The Morgan fingerprint density at radius 2 is 1.90 bits per heavy atom. The minimum atomic E-state index is -4.65. The molecule has 12 heteroatoms. The van der Waals surface area contributed by atoms with Gasteiger partial charge >= 0.3 is 7.82 Å². The standard InChI is InChI=1S/C9H20NO10P/c10-1-2-18-21(16,17)20-8-5(13)6(14)9(15)19-7(8)4(12)3-11/h4-9,11-15H,1-3,10H2,(H,16,17)/t4-,5+,6-,7+,8-,9-/m0/s1. The molecule has 1 fully saturated rings. The smallest absolute Gasteiger partial charge is 0.394 e. The minimum Gasteiger partial charge on any atom is -0.394 e. The van der Waals surface area contributed by atoms with Gasteiger partial charge in [-0.1, -0.05) is 0 Å².